The van der Waals surface area contributed by atoms with Crippen molar-refractivity contribution in [2.45, 2.75) is 33.3 Å². The van der Waals surface area contributed by atoms with Gasteiger partial charge in [0.25, 0.3) is 0 Å². The zero-order chi connectivity index (χ0) is 9.84. The molecule has 0 aliphatic heterocycles. The van der Waals surface area contributed by atoms with Crippen LogP contribution in [0.4, 0.5) is 0 Å². The van der Waals surface area contributed by atoms with E-state index in [-0.39, 0.29) is 6.10 Å². The SMILES string of the molecule is CCc1ccc(OC(C)C)c(Cl)c1. The van der Waals surface area contributed by atoms with Gasteiger partial charge in [-0.2, -0.15) is 0 Å². The maximum Gasteiger partial charge on any atom is 0.138 e. The van der Waals surface area contributed by atoms with E-state index in [9.17, 15) is 0 Å². The van der Waals surface area contributed by atoms with Crippen LogP contribution in [0, 0.1) is 0 Å². The molecule has 0 N–H and O–H groups in total. The summed E-state index contributed by atoms with van der Waals surface area (Å²) in [5, 5.41) is 0.702. The van der Waals surface area contributed by atoms with E-state index in [4.69, 9.17) is 16.3 Å². The lowest BCUT2D eigenvalue weighted by Gasteiger charge is -2.11. The molecule has 13 heavy (non-hydrogen) atoms. The summed E-state index contributed by atoms with van der Waals surface area (Å²) in [7, 11) is 0. The molecule has 0 fully saturated rings. The van der Waals surface area contributed by atoms with Crippen LogP contribution in [-0.2, 0) is 6.42 Å². The first-order valence-corrected chi connectivity index (χ1v) is 4.96. The molecule has 1 rings (SSSR count). The quantitative estimate of drug-likeness (QED) is 0.720. The number of ether oxygens (including phenoxy) is 1. The van der Waals surface area contributed by atoms with Gasteiger partial charge in [-0.15, -0.1) is 0 Å². The number of rotatable bonds is 3. The summed E-state index contributed by atoms with van der Waals surface area (Å²) in [5.74, 6) is 0.772. The maximum absolute atomic E-state index is 6.03. The molecular formula is C11H15ClO. The van der Waals surface area contributed by atoms with Gasteiger partial charge in [-0.25, -0.2) is 0 Å². The van der Waals surface area contributed by atoms with Crippen LogP contribution in [-0.4, -0.2) is 6.10 Å². The van der Waals surface area contributed by atoms with E-state index in [0.717, 1.165) is 12.2 Å². The maximum atomic E-state index is 6.03. The normalized spacial score (nSPS) is 10.5. The Hall–Kier alpha value is -0.690. The van der Waals surface area contributed by atoms with E-state index >= 15 is 0 Å². The predicted octanol–water partition coefficient (Wildman–Crippen LogP) is 3.69. The molecule has 0 atom stereocenters. The third kappa shape index (κ3) is 2.92. The Morgan fingerprint density at radius 2 is 2.08 bits per heavy atom. The number of aryl methyl sites for hydroxylation is 1. The van der Waals surface area contributed by atoms with E-state index in [1.807, 2.05) is 32.0 Å². The molecule has 0 heterocycles. The summed E-state index contributed by atoms with van der Waals surface area (Å²) in [6.45, 7) is 6.09. The monoisotopic (exact) mass is 198 g/mol. The highest BCUT2D eigenvalue weighted by Crippen LogP contribution is 2.26. The number of hydrogen-bond acceptors (Lipinski definition) is 1. The first-order valence-electron chi connectivity index (χ1n) is 4.58. The molecule has 0 aliphatic rings. The summed E-state index contributed by atoms with van der Waals surface area (Å²) in [4.78, 5) is 0. The summed E-state index contributed by atoms with van der Waals surface area (Å²) >= 11 is 6.03. The van der Waals surface area contributed by atoms with E-state index in [0.29, 0.717) is 5.02 Å². The van der Waals surface area contributed by atoms with E-state index in [1.54, 1.807) is 0 Å². The summed E-state index contributed by atoms with van der Waals surface area (Å²) < 4.78 is 5.51. The van der Waals surface area contributed by atoms with Gasteiger partial charge in [-0.1, -0.05) is 24.6 Å². The van der Waals surface area contributed by atoms with Crippen molar-refractivity contribution in [3.05, 3.63) is 28.8 Å². The molecule has 1 nitrogen and oxygen atoms in total. The molecule has 0 radical (unpaired) electrons. The van der Waals surface area contributed by atoms with E-state index in [2.05, 4.69) is 6.92 Å². The van der Waals surface area contributed by atoms with Crippen LogP contribution < -0.4 is 4.74 Å². The van der Waals surface area contributed by atoms with Gasteiger partial charge in [0.1, 0.15) is 5.75 Å². The van der Waals surface area contributed by atoms with Gasteiger partial charge in [0.2, 0.25) is 0 Å². The lowest BCUT2D eigenvalue weighted by molar-refractivity contribution is 0.242. The minimum absolute atomic E-state index is 0.171. The average Bonchev–Trinajstić information content (AvgIpc) is 2.08. The van der Waals surface area contributed by atoms with Gasteiger partial charge in [-0.05, 0) is 38.0 Å². The molecule has 0 aliphatic carbocycles. The molecule has 1 aromatic rings. The topological polar surface area (TPSA) is 9.23 Å². The van der Waals surface area contributed by atoms with Crippen molar-refractivity contribution >= 4 is 11.6 Å². The van der Waals surface area contributed by atoms with Gasteiger partial charge in [0.15, 0.2) is 0 Å². The lowest BCUT2D eigenvalue weighted by atomic mass is 10.2. The standard InChI is InChI=1S/C11H15ClO/c1-4-9-5-6-11(10(12)7-9)13-8(2)3/h5-8H,4H2,1-3H3. The first-order chi connectivity index (χ1) is 6.13. The second-order valence-electron chi connectivity index (χ2n) is 3.28. The summed E-state index contributed by atoms with van der Waals surface area (Å²) in [5.41, 5.74) is 1.24. The van der Waals surface area contributed by atoms with Crippen molar-refractivity contribution in [1.29, 1.82) is 0 Å². The van der Waals surface area contributed by atoms with Crippen molar-refractivity contribution in [3.63, 3.8) is 0 Å². The smallest absolute Gasteiger partial charge is 0.138 e. The largest absolute Gasteiger partial charge is 0.489 e. The molecule has 1 aromatic carbocycles. The molecule has 0 aromatic heterocycles. The highest BCUT2D eigenvalue weighted by Gasteiger charge is 2.03. The van der Waals surface area contributed by atoms with Gasteiger partial charge >= 0.3 is 0 Å². The van der Waals surface area contributed by atoms with Crippen LogP contribution in [0.1, 0.15) is 26.3 Å². The highest BCUT2D eigenvalue weighted by molar-refractivity contribution is 6.32. The fourth-order valence-electron chi connectivity index (χ4n) is 1.11. The Morgan fingerprint density at radius 1 is 1.38 bits per heavy atom. The van der Waals surface area contributed by atoms with Crippen molar-refractivity contribution in [2.24, 2.45) is 0 Å². The Balaban J connectivity index is 2.85. The first kappa shape index (κ1) is 10.4. The lowest BCUT2D eigenvalue weighted by Crippen LogP contribution is -2.05. The Kier molecular flexibility index (Phi) is 3.61. The molecule has 2 heteroatoms. The van der Waals surface area contributed by atoms with Gasteiger partial charge in [-0.3, -0.25) is 0 Å². The van der Waals surface area contributed by atoms with Crippen molar-refractivity contribution in [1.82, 2.24) is 0 Å². The van der Waals surface area contributed by atoms with Crippen molar-refractivity contribution < 1.29 is 4.74 Å². The highest BCUT2D eigenvalue weighted by atomic mass is 35.5. The van der Waals surface area contributed by atoms with Crippen LogP contribution in [0.5, 0.6) is 5.75 Å². The third-order valence-electron chi connectivity index (χ3n) is 1.77. The number of halogens is 1. The van der Waals surface area contributed by atoms with Crippen LogP contribution in [0.15, 0.2) is 18.2 Å². The van der Waals surface area contributed by atoms with Crippen molar-refractivity contribution in [3.8, 4) is 5.75 Å². The second-order valence-corrected chi connectivity index (χ2v) is 3.69. The van der Waals surface area contributed by atoms with Gasteiger partial charge in [0, 0.05) is 0 Å². The average molecular weight is 199 g/mol. The van der Waals surface area contributed by atoms with Crippen molar-refractivity contribution in [2.75, 3.05) is 0 Å². The van der Waals surface area contributed by atoms with Gasteiger partial charge in [0.05, 0.1) is 11.1 Å². The Labute approximate surface area is 84.7 Å². The molecule has 72 valence electrons. The zero-order valence-electron chi connectivity index (χ0n) is 8.30. The second kappa shape index (κ2) is 4.52. The molecule has 0 spiro atoms. The zero-order valence-corrected chi connectivity index (χ0v) is 9.06. The molecular weight excluding hydrogens is 184 g/mol. The minimum Gasteiger partial charge on any atom is -0.489 e. The predicted molar refractivity (Wildman–Crippen MR) is 56.6 cm³/mol. The molecule has 0 saturated carbocycles. The summed E-state index contributed by atoms with van der Waals surface area (Å²) in [6, 6.07) is 5.93. The fraction of sp³-hybridized carbons (Fsp3) is 0.455. The molecule has 0 amide bonds. The fourth-order valence-corrected chi connectivity index (χ4v) is 1.36. The van der Waals surface area contributed by atoms with Crippen LogP contribution in [0.2, 0.25) is 5.02 Å². The van der Waals surface area contributed by atoms with E-state index < -0.39 is 0 Å². The van der Waals surface area contributed by atoms with E-state index in [1.165, 1.54) is 5.56 Å². The number of hydrogen-bond donors (Lipinski definition) is 0. The van der Waals surface area contributed by atoms with Crippen LogP contribution in [0.3, 0.4) is 0 Å². The third-order valence-corrected chi connectivity index (χ3v) is 2.06. The molecule has 0 unspecified atom stereocenters. The number of benzene rings is 1. The van der Waals surface area contributed by atoms with Crippen LogP contribution in [0.25, 0.3) is 0 Å². The Bertz CT molecular complexity index is 281. The van der Waals surface area contributed by atoms with Crippen LogP contribution >= 0.6 is 11.6 Å². The summed E-state index contributed by atoms with van der Waals surface area (Å²) in [6.07, 6.45) is 1.17. The molecule has 0 bridgehead atoms. The minimum atomic E-state index is 0.171. The molecule has 0 saturated heterocycles. The Morgan fingerprint density at radius 3 is 2.54 bits per heavy atom. The van der Waals surface area contributed by atoms with Gasteiger partial charge < -0.3 is 4.74 Å².